The molecule has 0 atom stereocenters. The molecular weight excluding hydrogens is 426 g/mol. The average molecular weight is 458 g/mol. The molecule has 0 amide bonds. The van der Waals surface area contributed by atoms with E-state index in [0.717, 1.165) is 12.0 Å². The molecule has 0 aromatic heterocycles. The first kappa shape index (κ1) is 30.8. The van der Waals surface area contributed by atoms with E-state index in [9.17, 15) is 0 Å². The van der Waals surface area contributed by atoms with Gasteiger partial charge >= 0.3 is 39.1 Å². The van der Waals surface area contributed by atoms with E-state index >= 15 is 0 Å². The van der Waals surface area contributed by atoms with Gasteiger partial charge in [0.05, 0.1) is 0 Å². The Morgan fingerprint density at radius 3 is 1.63 bits per heavy atom. The van der Waals surface area contributed by atoms with Crippen molar-refractivity contribution < 1.29 is 39.1 Å². The summed E-state index contributed by atoms with van der Waals surface area (Å²) >= 11 is 4.62. The van der Waals surface area contributed by atoms with Crippen molar-refractivity contribution in [2.24, 2.45) is 0 Å². The van der Waals surface area contributed by atoms with Gasteiger partial charge in [0.2, 0.25) is 0 Å². The minimum atomic E-state index is 1.12. The molecule has 0 spiro atoms. The van der Waals surface area contributed by atoms with E-state index in [4.69, 9.17) is 7.73 Å². The van der Waals surface area contributed by atoms with E-state index < -0.39 is 0 Å². The van der Waals surface area contributed by atoms with E-state index in [0.29, 0.717) is 0 Å². The quantitative estimate of drug-likeness (QED) is 0.338. The molecule has 0 fully saturated rings. The molecule has 0 aliphatic heterocycles. The van der Waals surface area contributed by atoms with Crippen LogP contribution in [0, 0.1) is 32.0 Å². The van der Waals surface area contributed by atoms with Gasteiger partial charge in [-0.05, 0) is 0 Å². The third kappa shape index (κ3) is 33.1. The molecule has 2 nitrogen and oxygen atoms in total. The largest absolute Gasteiger partial charge is 0.184 e. The van der Waals surface area contributed by atoms with Crippen LogP contribution in [0.2, 0.25) is 0 Å². The summed E-state index contributed by atoms with van der Waals surface area (Å²) in [6, 6.07) is 24.0. The zero-order valence-corrected chi connectivity index (χ0v) is 18.5. The first-order chi connectivity index (χ1) is 13.3. The smallest absolute Gasteiger partial charge is 0.171 e. The number of hydrogen-bond acceptors (Lipinski definition) is 2. The number of unbranched alkanes of at least 4 members (excludes halogenated alkanes) is 7. The summed E-state index contributed by atoms with van der Waals surface area (Å²) < 4.78 is 15.9. The predicted molar refractivity (Wildman–Crippen MR) is 103 cm³/mol. The fraction of sp³-hybridized carbons (Fsp3) is 0.435. The third-order valence-corrected chi connectivity index (χ3v) is 3.25. The van der Waals surface area contributed by atoms with Gasteiger partial charge in [-0.25, -0.2) is 0 Å². The second-order valence-electron chi connectivity index (χ2n) is 5.52. The Balaban J connectivity index is -0.000000299. The minimum Gasteiger partial charge on any atom is -0.184 e. The Kier molecular flexibility index (Phi) is 37.3. The van der Waals surface area contributed by atoms with Gasteiger partial charge in [-0.3, -0.25) is 23.8 Å². The first-order valence-corrected chi connectivity index (χ1v) is 9.98. The van der Waals surface area contributed by atoms with E-state index in [1.807, 2.05) is 55.5 Å². The Morgan fingerprint density at radius 2 is 1.33 bits per heavy atom. The van der Waals surface area contributed by atoms with Crippen molar-refractivity contribution in [3.05, 3.63) is 79.2 Å². The van der Waals surface area contributed by atoms with E-state index in [1.165, 1.54) is 44.9 Å². The van der Waals surface area contributed by atoms with Crippen LogP contribution in [0.3, 0.4) is 0 Å². The van der Waals surface area contributed by atoms with Crippen LogP contribution < -0.4 is 0 Å². The molecule has 0 radical (unpaired) electrons. The summed E-state index contributed by atoms with van der Waals surface area (Å²) in [7, 11) is 0. The van der Waals surface area contributed by atoms with Crippen molar-refractivity contribution in [1.29, 1.82) is 0 Å². The molecule has 0 bridgehead atoms. The van der Waals surface area contributed by atoms with Crippen LogP contribution in [0.1, 0.15) is 63.9 Å². The summed E-state index contributed by atoms with van der Waals surface area (Å²) in [5.74, 6) is 0. The zero-order valence-electron chi connectivity index (χ0n) is 16.5. The molecule has 0 saturated carbocycles. The summed E-state index contributed by atoms with van der Waals surface area (Å²) in [6.07, 6.45) is 10.9. The summed E-state index contributed by atoms with van der Waals surface area (Å²) in [4.78, 5) is 0. The van der Waals surface area contributed by atoms with Crippen molar-refractivity contribution in [1.82, 2.24) is 0 Å². The van der Waals surface area contributed by atoms with Crippen LogP contribution >= 0.6 is 0 Å². The number of rotatable bonds is 7. The normalized spacial score (nSPS) is 8.19. The van der Waals surface area contributed by atoms with Crippen molar-refractivity contribution in [2.45, 2.75) is 65.2 Å². The van der Waals surface area contributed by atoms with Gasteiger partial charge in [-0.2, -0.15) is 42.8 Å². The van der Waals surface area contributed by atoms with Gasteiger partial charge < -0.3 is 19.1 Å². The molecule has 0 unspecified atom stereocenters. The molecule has 4 heteroatoms. The van der Waals surface area contributed by atoms with Crippen LogP contribution in [0.25, 0.3) is 0 Å². The van der Waals surface area contributed by atoms with Gasteiger partial charge in [-0.1, -0.05) is 51.9 Å². The topological polar surface area (TPSA) is 34.1 Å². The fourth-order valence-corrected chi connectivity index (χ4v) is 1.91. The third-order valence-electron chi connectivity index (χ3n) is 3.25. The average Bonchev–Trinajstić information content (AvgIpc) is 2.76. The van der Waals surface area contributed by atoms with Crippen LogP contribution in [0.5, 0.6) is 0 Å². The van der Waals surface area contributed by atoms with E-state index in [1.54, 1.807) is 0 Å². The SMILES string of the molecule is Cc1[c-]cc[c-]c1.[CH2-]CCCCCCCCC.[O]=[Co].[O]=[Co].[c-]1ccccc1. The monoisotopic (exact) mass is 458 g/mol. The Hall–Kier alpha value is -0.947. The number of hydrogen-bond donors (Lipinski definition) is 0. The maximum absolute atomic E-state index is 7.94. The van der Waals surface area contributed by atoms with Gasteiger partial charge in [0.15, 0.2) is 0 Å². The fourth-order valence-electron chi connectivity index (χ4n) is 1.91. The molecule has 2 aromatic rings. The molecule has 0 heterocycles. The summed E-state index contributed by atoms with van der Waals surface area (Å²) in [5.41, 5.74) is 1.14. The van der Waals surface area contributed by atoms with Gasteiger partial charge in [0.1, 0.15) is 0 Å². The number of benzene rings is 2. The van der Waals surface area contributed by atoms with Crippen molar-refractivity contribution >= 4 is 0 Å². The van der Waals surface area contributed by atoms with E-state index in [2.05, 4.69) is 63.4 Å². The van der Waals surface area contributed by atoms with Gasteiger partial charge in [0, 0.05) is 0 Å². The Bertz CT molecular complexity index is 416. The summed E-state index contributed by atoms with van der Waals surface area (Å²) in [6.45, 7) is 8.08. The second-order valence-corrected chi connectivity index (χ2v) is 5.52. The number of aryl methyl sites for hydroxylation is 1. The first-order valence-electron chi connectivity index (χ1n) is 9.13. The van der Waals surface area contributed by atoms with Crippen LogP contribution in [0.15, 0.2) is 48.5 Å². The molecule has 158 valence electrons. The standard InChI is InChI=1S/C10H21.C7H6.C6H5.2Co.2O/c1-3-5-7-9-10-8-6-4-2;1-7-5-3-2-4-6-7;1-2-4-6-5-3-1;;;;/h1,3-10H2,2H3;2-3,6H,1H3;1-5H;;;;/q-1;-2;-1;;;;. The maximum atomic E-state index is 7.94. The van der Waals surface area contributed by atoms with E-state index in [-0.39, 0.29) is 0 Å². The molecule has 0 N–H and O–H groups in total. The molecule has 2 rings (SSSR count). The molecule has 2 aromatic carbocycles. The van der Waals surface area contributed by atoms with Crippen molar-refractivity contribution in [3.63, 3.8) is 0 Å². The van der Waals surface area contributed by atoms with Crippen LogP contribution in [0.4, 0.5) is 0 Å². The Labute approximate surface area is 183 Å². The van der Waals surface area contributed by atoms with Gasteiger partial charge in [0.25, 0.3) is 0 Å². The summed E-state index contributed by atoms with van der Waals surface area (Å²) in [5, 5.41) is 0. The maximum Gasteiger partial charge on any atom is -0.171 e. The molecule has 0 aliphatic carbocycles. The molecule has 0 saturated heterocycles. The van der Waals surface area contributed by atoms with Crippen molar-refractivity contribution in [2.75, 3.05) is 0 Å². The van der Waals surface area contributed by atoms with Crippen LogP contribution in [-0.2, 0) is 39.1 Å². The minimum absolute atomic E-state index is 1.12. The van der Waals surface area contributed by atoms with Crippen molar-refractivity contribution in [3.8, 4) is 0 Å². The molecular formula is C23H32Co2O2-4. The molecule has 27 heavy (non-hydrogen) atoms. The van der Waals surface area contributed by atoms with Gasteiger partial charge in [-0.15, -0.1) is 6.92 Å². The second kappa shape index (κ2) is 32.7. The Morgan fingerprint density at radius 1 is 0.778 bits per heavy atom. The molecule has 0 aliphatic rings. The zero-order chi connectivity index (χ0) is 21.0. The van der Waals surface area contributed by atoms with Crippen LogP contribution in [-0.4, -0.2) is 0 Å². The predicted octanol–water partition coefficient (Wildman–Crippen LogP) is 6.80.